The minimum atomic E-state index is -0.921. The molecule has 0 N–H and O–H groups in total. The second kappa shape index (κ2) is 3.12. The van der Waals surface area contributed by atoms with Crippen molar-refractivity contribution in [1.82, 2.24) is 0 Å². The highest BCUT2D eigenvalue weighted by atomic mass is 79.9. The van der Waals surface area contributed by atoms with E-state index >= 15 is 0 Å². The van der Waals surface area contributed by atoms with E-state index in [-0.39, 0.29) is 10.0 Å². The Morgan fingerprint density at radius 2 is 1.93 bits per heavy atom. The number of halogens is 3. The summed E-state index contributed by atoms with van der Waals surface area (Å²) in [5, 5.41) is 0. The highest BCUT2D eigenvalue weighted by Crippen LogP contribution is 2.47. The van der Waals surface area contributed by atoms with E-state index < -0.39 is 17.0 Å². The molecule has 0 aromatic heterocycles. The zero-order chi connectivity index (χ0) is 10.3. The Morgan fingerprint density at radius 1 is 1.29 bits per heavy atom. The molecule has 1 aromatic rings. The molecule has 1 aliphatic rings. The fourth-order valence-electron chi connectivity index (χ4n) is 1.50. The lowest BCUT2D eigenvalue weighted by Crippen LogP contribution is -2.11. The molecule has 1 aromatic carbocycles. The van der Waals surface area contributed by atoms with Gasteiger partial charge < -0.3 is 4.79 Å². The molecule has 1 aliphatic carbocycles. The zero-order valence-corrected chi connectivity index (χ0v) is 8.77. The van der Waals surface area contributed by atoms with Crippen LogP contribution in [-0.2, 0) is 10.2 Å². The Hall–Kier alpha value is -0.770. The first-order valence-electron chi connectivity index (χ1n) is 4.21. The Morgan fingerprint density at radius 3 is 2.43 bits per heavy atom. The molecule has 0 bridgehead atoms. The predicted molar refractivity (Wildman–Crippen MR) is 51.0 cm³/mol. The van der Waals surface area contributed by atoms with E-state index in [2.05, 4.69) is 15.9 Å². The van der Waals surface area contributed by atoms with Crippen LogP contribution in [0.5, 0.6) is 0 Å². The van der Waals surface area contributed by atoms with Crippen molar-refractivity contribution in [2.45, 2.75) is 18.3 Å². The Kier molecular flexibility index (Phi) is 2.18. The highest BCUT2D eigenvalue weighted by molar-refractivity contribution is 9.10. The van der Waals surface area contributed by atoms with Crippen molar-refractivity contribution in [2.24, 2.45) is 0 Å². The molecule has 0 heterocycles. The monoisotopic (exact) mass is 260 g/mol. The molecule has 1 fully saturated rings. The molecular weight excluding hydrogens is 254 g/mol. The smallest absolute Gasteiger partial charge is 0.173 e. The van der Waals surface area contributed by atoms with Gasteiger partial charge in [-0.2, -0.15) is 0 Å². The van der Waals surface area contributed by atoms with Crippen LogP contribution >= 0.6 is 15.9 Å². The van der Waals surface area contributed by atoms with Crippen LogP contribution in [0, 0.1) is 11.6 Å². The molecule has 0 amide bonds. The lowest BCUT2D eigenvalue weighted by atomic mass is 9.97. The third kappa shape index (κ3) is 1.29. The molecule has 0 saturated heterocycles. The molecule has 0 atom stereocenters. The molecule has 1 nitrogen and oxygen atoms in total. The van der Waals surface area contributed by atoms with E-state index in [0.717, 1.165) is 0 Å². The Labute approximate surface area is 88.2 Å². The Balaban J connectivity index is 2.55. The van der Waals surface area contributed by atoms with Gasteiger partial charge in [0.1, 0.15) is 6.29 Å². The van der Waals surface area contributed by atoms with Gasteiger partial charge in [-0.1, -0.05) is 6.07 Å². The van der Waals surface area contributed by atoms with E-state index in [9.17, 15) is 13.6 Å². The van der Waals surface area contributed by atoms with Crippen molar-refractivity contribution in [1.29, 1.82) is 0 Å². The van der Waals surface area contributed by atoms with E-state index in [1.165, 1.54) is 12.1 Å². The van der Waals surface area contributed by atoms with Crippen molar-refractivity contribution < 1.29 is 13.6 Å². The van der Waals surface area contributed by atoms with Gasteiger partial charge in [0.15, 0.2) is 11.6 Å². The predicted octanol–water partition coefficient (Wildman–Crippen LogP) is 2.96. The molecule has 74 valence electrons. The van der Waals surface area contributed by atoms with Crippen LogP contribution in [0.2, 0.25) is 0 Å². The van der Waals surface area contributed by atoms with Crippen LogP contribution in [0.1, 0.15) is 18.4 Å². The number of hydrogen-bond donors (Lipinski definition) is 0. The maximum Gasteiger partial charge on any atom is 0.173 e. The summed E-state index contributed by atoms with van der Waals surface area (Å²) in [6.07, 6.45) is 1.92. The molecule has 4 heteroatoms. The van der Waals surface area contributed by atoms with E-state index in [4.69, 9.17) is 0 Å². The standard InChI is InChI=1S/C10H7BrF2O/c11-7-2-1-6(8(12)9(7)13)10(5-14)3-4-10/h1-2,5H,3-4H2. The van der Waals surface area contributed by atoms with Gasteiger partial charge in [-0.3, -0.25) is 0 Å². The van der Waals surface area contributed by atoms with Gasteiger partial charge in [0.2, 0.25) is 0 Å². The first kappa shape index (κ1) is 9.77. The average Bonchev–Trinajstić information content (AvgIpc) is 2.95. The normalized spacial score (nSPS) is 17.9. The first-order chi connectivity index (χ1) is 6.60. The van der Waals surface area contributed by atoms with Crippen LogP contribution in [-0.4, -0.2) is 6.29 Å². The van der Waals surface area contributed by atoms with Gasteiger partial charge >= 0.3 is 0 Å². The number of aldehydes is 1. The van der Waals surface area contributed by atoms with Crippen molar-refractivity contribution in [3.05, 3.63) is 33.8 Å². The molecule has 0 spiro atoms. The van der Waals surface area contributed by atoms with Crippen LogP contribution < -0.4 is 0 Å². The minimum absolute atomic E-state index is 0.0837. The minimum Gasteiger partial charge on any atom is -0.302 e. The number of benzene rings is 1. The fraction of sp³-hybridized carbons (Fsp3) is 0.300. The van der Waals surface area contributed by atoms with E-state index in [1.807, 2.05) is 0 Å². The van der Waals surface area contributed by atoms with Crippen LogP contribution in [0.25, 0.3) is 0 Å². The molecule has 0 aliphatic heterocycles. The third-order valence-electron chi connectivity index (χ3n) is 2.59. The molecule has 0 radical (unpaired) electrons. The number of carbonyl (C=O) groups excluding carboxylic acids is 1. The molecule has 0 unspecified atom stereocenters. The van der Waals surface area contributed by atoms with Gasteiger partial charge in [-0.25, -0.2) is 8.78 Å². The summed E-state index contributed by atoms with van der Waals surface area (Å²) in [7, 11) is 0. The summed E-state index contributed by atoms with van der Waals surface area (Å²) < 4.78 is 26.7. The van der Waals surface area contributed by atoms with Crippen molar-refractivity contribution >= 4 is 22.2 Å². The first-order valence-corrected chi connectivity index (χ1v) is 5.00. The summed E-state index contributed by atoms with van der Waals surface area (Å²) in [4.78, 5) is 10.7. The van der Waals surface area contributed by atoms with Gasteiger partial charge in [-0.15, -0.1) is 0 Å². The summed E-state index contributed by atoms with van der Waals surface area (Å²) in [6, 6.07) is 2.89. The summed E-state index contributed by atoms with van der Waals surface area (Å²) >= 11 is 2.89. The van der Waals surface area contributed by atoms with Crippen LogP contribution in [0.4, 0.5) is 8.78 Å². The molecule has 2 rings (SSSR count). The number of carbonyl (C=O) groups is 1. The fourth-order valence-corrected chi connectivity index (χ4v) is 1.80. The van der Waals surface area contributed by atoms with E-state index in [0.29, 0.717) is 19.1 Å². The quantitative estimate of drug-likeness (QED) is 0.590. The zero-order valence-electron chi connectivity index (χ0n) is 7.19. The second-order valence-corrected chi connectivity index (χ2v) is 4.35. The molecule has 14 heavy (non-hydrogen) atoms. The topological polar surface area (TPSA) is 17.1 Å². The van der Waals surface area contributed by atoms with Gasteiger partial charge in [0, 0.05) is 5.56 Å². The van der Waals surface area contributed by atoms with Gasteiger partial charge in [0.05, 0.1) is 9.89 Å². The third-order valence-corrected chi connectivity index (χ3v) is 3.20. The largest absolute Gasteiger partial charge is 0.302 e. The molecular formula is C10H7BrF2O. The average molecular weight is 261 g/mol. The summed E-state index contributed by atoms with van der Waals surface area (Å²) in [5.41, 5.74) is -0.584. The van der Waals surface area contributed by atoms with Crippen molar-refractivity contribution in [3.8, 4) is 0 Å². The van der Waals surface area contributed by atoms with E-state index in [1.54, 1.807) is 0 Å². The van der Waals surface area contributed by atoms with Crippen LogP contribution in [0.3, 0.4) is 0 Å². The lowest BCUT2D eigenvalue weighted by Gasteiger charge is -2.09. The summed E-state index contributed by atoms with van der Waals surface area (Å²) in [5.74, 6) is -1.83. The van der Waals surface area contributed by atoms with Crippen molar-refractivity contribution in [2.75, 3.05) is 0 Å². The maximum absolute atomic E-state index is 13.4. The highest BCUT2D eigenvalue weighted by Gasteiger charge is 2.46. The van der Waals surface area contributed by atoms with Gasteiger partial charge in [-0.05, 0) is 34.8 Å². The number of hydrogen-bond acceptors (Lipinski definition) is 1. The van der Waals surface area contributed by atoms with Crippen LogP contribution in [0.15, 0.2) is 16.6 Å². The lowest BCUT2D eigenvalue weighted by molar-refractivity contribution is -0.109. The summed E-state index contributed by atoms with van der Waals surface area (Å²) in [6.45, 7) is 0. The van der Waals surface area contributed by atoms with Crippen molar-refractivity contribution in [3.63, 3.8) is 0 Å². The Bertz CT molecular complexity index is 399. The molecule has 1 saturated carbocycles. The SMILES string of the molecule is O=CC1(c2ccc(Br)c(F)c2F)CC1. The second-order valence-electron chi connectivity index (χ2n) is 3.50. The van der Waals surface area contributed by atoms with Gasteiger partial charge in [0.25, 0.3) is 0 Å². The maximum atomic E-state index is 13.4. The number of rotatable bonds is 2.